The van der Waals surface area contributed by atoms with E-state index in [0.717, 1.165) is 22.6 Å². The van der Waals surface area contributed by atoms with Crippen molar-refractivity contribution in [1.82, 2.24) is 9.99 Å². The van der Waals surface area contributed by atoms with Gasteiger partial charge < -0.3 is 8.98 Å². The second-order valence-corrected chi connectivity index (χ2v) is 6.13. The van der Waals surface area contributed by atoms with Gasteiger partial charge in [0.2, 0.25) is 0 Å². The summed E-state index contributed by atoms with van der Waals surface area (Å²) >= 11 is 0. The highest BCUT2D eigenvalue weighted by Gasteiger charge is 2.12. The molecule has 3 aromatic rings. The highest BCUT2D eigenvalue weighted by Crippen LogP contribution is 2.23. The summed E-state index contributed by atoms with van der Waals surface area (Å²) in [5.41, 5.74) is 9.21. The second-order valence-electron chi connectivity index (χ2n) is 6.13. The van der Waals surface area contributed by atoms with Gasteiger partial charge in [-0.1, -0.05) is 12.1 Å². The first kappa shape index (κ1) is 16.8. The Bertz CT molecular complexity index is 934. The van der Waals surface area contributed by atoms with E-state index >= 15 is 0 Å². The highest BCUT2D eigenvalue weighted by molar-refractivity contribution is 5.92. The van der Waals surface area contributed by atoms with Gasteiger partial charge in [0.15, 0.2) is 5.76 Å². The van der Waals surface area contributed by atoms with Crippen LogP contribution in [0.4, 0.5) is 0 Å². The van der Waals surface area contributed by atoms with Crippen molar-refractivity contribution in [2.75, 3.05) is 0 Å². The van der Waals surface area contributed by atoms with Crippen LogP contribution >= 0.6 is 0 Å². The third kappa shape index (κ3) is 3.40. The molecule has 0 radical (unpaired) electrons. The summed E-state index contributed by atoms with van der Waals surface area (Å²) in [5.74, 6) is -0.136. The fourth-order valence-electron chi connectivity index (χ4n) is 2.87. The largest absolute Gasteiger partial charge is 0.459 e. The fourth-order valence-corrected chi connectivity index (χ4v) is 2.87. The molecular weight excluding hydrogens is 314 g/mol. The van der Waals surface area contributed by atoms with E-state index in [1.807, 2.05) is 6.92 Å². The molecule has 0 bridgehead atoms. The molecule has 1 N–H and O–H groups in total. The van der Waals surface area contributed by atoms with E-state index in [1.165, 1.54) is 17.4 Å². The third-order valence-electron chi connectivity index (χ3n) is 4.19. The number of hydrogen-bond acceptors (Lipinski definition) is 3. The SMILES string of the molecule is Cc1ccc(C)c(-n2c(C)cc(/C=N\NC(=O)c3ccco3)c2C)c1. The molecule has 2 heterocycles. The second kappa shape index (κ2) is 6.81. The Labute approximate surface area is 147 Å². The highest BCUT2D eigenvalue weighted by atomic mass is 16.3. The van der Waals surface area contributed by atoms with Gasteiger partial charge in [0, 0.05) is 22.6 Å². The minimum Gasteiger partial charge on any atom is -0.459 e. The Morgan fingerprint density at radius 3 is 2.68 bits per heavy atom. The number of rotatable bonds is 4. The molecule has 5 nitrogen and oxygen atoms in total. The molecule has 0 aliphatic rings. The van der Waals surface area contributed by atoms with Crippen LogP contribution in [-0.4, -0.2) is 16.7 Å². The van der Waals surface area contributed by atoms with Crippen LogP contribution in [0.15, 0.2) is 52.2 Å². The van der Waals surface area contributed by atoms with Crippen molar-refractivity contribution >= 4 is 12.1 Å². The molecule has 0 saturated carbocycles. The number of carbonyl (C=O) groups is 1. The molecule has 3 rings (SSSR count). The average Bonchev–Trinajstić information content (AvgIpc) is 3.19. The number of hydrazone groups is 1. The lowest BCUT2D eigenvalue weighted by Gasteiger charge is -2.13. The van der Waals surface area contributed by atoms with Crippen LogP contribution in [0.3, 0.4) is 0 Å². The van der Waals surface area contributed by atoms with Crippen molar-refractivity contribution in [3.63, 3.8) is 0 Å². The van der Waals surface area contributed by atoms with E-state index in [-0.39, 0.29) is 11.7 Å². The average molecular weight is 335 g/mol. The molecule has 0 fully saturated rings. The Morgan fingerprint density at radius 2 is 1.96 bits per heavy atom. The number of carbonyl (C=O) groups excluding carboxylic acids is 1. The van der Waals surface area contributed by atoms with E-state index < -0.39 is 0 Å². The van der Waals surface area contributed by atoms with Gasteiger partial charge in [-0.2, -0.15) is 5.10 Å². The van der Waals surface area contributed by atoms with Crippen LogP contribution in [0.25, 0.3) is 5.69 Å². The number of furan rings is 1. The normalized spacial score (nSPS) is 11.2. The molecule has 1 amide bonds. The van der Waals surface area contributed by atoms with E-state index in [0.29, 0.717) is 0 Å². The zero-order valence-corrected chi connectivity index (χ0v) is 14.8. The standard InChI is InChI=1S/C20H21N3O2/c1-13-7-8-14(2)18(10-13)23-15(3)11-17(16(23)4)12-21-22-20(24)19-6-5-9-25-19/h5-12H,1-4H3,(H,22,24)/b21-12-. The maximum Gasteiger partial charge on any atom is 0.307 e. The number of amides is 1. The van der Waals surface area contributed by atoms with Gasteiger partial charge in [0.1, 0.15) is 0 Å². The predicted octanol–water partition coefficient (Wildman–Crippen LogP) is 4.07. The quantitative estimate of drug-likeness (QED) is 0.577. The van der Waals surface area contributed by atoms with Crippen molar-refractivity contribution in [1.29, 1.82) is 0 Å². The molecule has 0 spiro atoms. The molecule has 1 aromatic carbocycles. The van der Waals surface area contributed by atoms with Crippen LogP contribution in [0.1, 0.15) is 38.6 Å². The fraction of sp³-hybridized carbons (Fsp3) is 0.200. The molecule has 128 valence electrons. The molecule has 0 aliphatic carbocycles. The maximum atomic E-state index is 11.8. The molecular formula is C20H21N3O2. The summed E-state index contributed by atoms with van der Waals surface area (Å²) in [5, 5.41) is 4.05. The summed E-state index contributed by atoms with van der Waals surface area (Å²) in [6.07, 6.45) is 3.11. The summed E-state index contributed by atoms with van der Waals surface area (Å²) in [6.45, 7) is 8.30. The minimum atomic E-state index is -0.371. The zero-order valence-electron chi connectivity index (χ0n) is 14.8. The van der Waals surface area contributed by atoms with Gasteiger partial charge in [-0.25, -0.2) is 5.43 Å². The molecule has 0 unspecified atom stereocenters. The molecule has 2 aromatic heterocycles. The first-order chi connectivity index (χ1) is 12.0. The summed E-state index contributed by atoms with van der Waals surface area (Å²) in [6, 6.07) is 11.7. The number of aryl methyl sites for hydroxylation is 3. The smallest absolute Gasteiger partial charge is 0.307 e. The summed E-state index contributed by atoms with van der Waals surface area (Å²) < 4.78 is 7.24. The summed E-state index contributed by atoms with van der Waals surface area (Å²) in [7, 11) is 0. The molecule has 0 aliphatic heterocycles. The lowest BCUT2D eigenvalue weighted by atomic mass is 10.1. The van der Waals surface area contributed by atoms with Gasteiger partial charge in [-0.3, -0.25) is 4.79 Å². The zero-order chi connectivity index (χ0) is 18.0. The van der Waals surface area contributed by atoms with Gasteiger partial charge in [0.05, 0.1) is 12.5 Å². The van der Waals surface area contributed by atoms with Gasteiger partial charge in [-0.05, 0) is 63.1 Å². The van der Waals surface area contributed by atoms with Crippen LogP contribution < -0.4 is 5.43 Å². The Kier molecular flexibility index (Phi) is 4.57. The van der Waals surface area contributed by atoms with Gasteiger partial charge >= 0.3 is 5.91 Å². The third-order valence-corrected chi connectivity index (χ3v) is 4.19. The van der Waals surface area contributed by atoms with Crippen molar-refractivity contribution < 1.29 is 9.21 Å². The van der Waals surface area contributed by atoms with E-state index in [9.17, 15) is 4.79 Å². The van der Waals surface area contributed by atoms with Crippen molar-refractivity contribution in [2.24, 2.45) is 5.10 Å². The van der Waals surface area contributed by atoms with E-state index in [4.69, 9.17) is 4.42 Å². The van der Waals surface area contributed by atoms with Crippen LogP contribution in [-0.2, 0) is 0 Å². The van der Waals surface area contributed by atoms with E-state index in [2.05, 4.69) is 60.1 Å². The first-order valence-electron chi connectivity index (χ1n) is 8.11. The number of hydrogen-bond donors (Lipinski definition) is 1. The monoisotopic (exact) mass is 335 g/mol. The number of nitrogens with one attached hydrogen (secondary N) is 1. The molecule has 25 heavy (non-hydrogen) atoms. The number of benzene rings is 1. The first-order valence-corrected chi connectivity index (χ1v) is 8.11. The molecule has 0 saturated heterocycles. The topological polar surface area (TPSA) is 59.5 Å². The van der Waals surface area contributed by atoms with Crippen molar-refractivity contribution in [2.45, 2.75) is 27.7 Å². The molecule has 0 atom stereocenters. The lowest BCUT2D eigenvalue weighted by molar-refractivity contribution is 0.0927. The lowest BCUT2D eigenvalue weighted by Crippen LogP contribution is -2.16. The van der Waals surface area contributed by atoms with Crippen molar-refractivity contribution in [3.8, 4) is 5.69 Å². The van der Waals surface area contributed by atoms with Gasteiger partial charge in [-0.15, -0.1) is 0 Å². The Hall–Kier alpha value is -3.08. The molecule has 5 heteroatoms. The van der Waals surface area contributed by atoms with Crippen molar-refractivity contribution in [3.05, 3.63) is 76.5 Å². The van der Waals surface area contributed by atoms with Crippen LogP contribution in [0.2, 0.25) is 0 Å². The number of aromatic nitrogens is 1. The minimum absolute atomic E-state index is 0.234. The predicted molar refractivity (Wildman–Crippen MR) is 98.5 cm³/mol. The van der Waals surface area contributed by atoms with Gasteiger partial charge in [0.25, 0.3) is 0 Å². The Morgan fingerprint density at radius 1 is 1.16 bits per heavy atom. The van der Waals surface area contributed by atoms with E-state index in [1.54, 1.807) is 18.3 Å². The van der Waals surface area contributed by atoms with Crippen LogP contribution in [0.5, 0.6) is 0 Å². The van der Waals surface area contributed by atoms with Crippen LogP contribution in [0, 0.1) is 27.7 Å². The maximum absolute atomic E-state index is 11.8. The summed E-state index contributed by atoms with van der Waals surface area (Å²) in [4.78, 5) is 11.8. The Balaban J connectivity index is 1.86. The number of nitrogens with zero attached hydrogens (tertiary/aromatic N) is 2.